The summed E-state index contributed by atoms with van der Waals surface area (Å²) in [6, 6.07) is 9.18. The van der Waals surface area contributed by atoms with Crippen molar-refractivity contribution in [2.75, 3.05) is 6.61 Å². The van der Waals surface area contributed by atoms with Gasteiger partial charge in [-0.25, -0.2) is 4.39 Å². The first-order valence-corrected chi connectivity index (χ1v) is 6.95. The second-order valence-corrected chi connectivity index (χ2v) is 4.83. The van der Waals surface area contributed by atoms with Crippen molar-refractivity contribution in [3.05, 3.63) is 54.6 Å². The summed E-state index contributed by atoms with van der Waals surface area (Å²) in [5, 5.41) is 21.9. The maximum Gasteiger partial charge on any atom is 0.206 e. The van der Waals surface area contributed by atoms with Crippen LogP contribution in [0, 0.1) is 5.82 Å². The molecule has 0 aliphatic rings. The molecule has 1 aromatic carbocycles. The van der Waals surface area contributed by atoms with E-state index in [1.165, 1.54) is 29.1 Å². The van der Waals surface area contributed by atoms with Gasteiger partial charge in [-0.1, -0.05) is 0 Å². The molecular weight excluding hydrogens is 301 g/mol. The average Bonchev–Trinajstić information content (AvgIpc) is 3.04. The van der Waals surface area contributed by atoms with Gasteiger partial charge in [-0.05, 0) is 41.6 Å². The Morgan fingerprint density at radius 3 is 2.78 bits per heavy atom. The first kappa shape index (κ1) is 15.0. The highest BCUT2D eigenvalue weighted by molar-refractivity contribution is 5.51. The van der Waals surface area contributed by atoms with Crippen LogP contribution in [0.15, 0.2) is 48.8 Å². The number of benzene rings is 1. The smallest absolute Gasteiger partial charge is 0.206 e. The van der Waals surface area contributed by atoms with Gasteiger partial charge in [0, 0.05) is 18.0 Å². The van der Waals surface area contributed by atoms with Crippen LogP contribution in [0.1, 0.15) is 0 Å². The topological polar surface area (TPSA) is 86.0 Å². The van der Waals surface area contributed by atoms with Crippen LogP contribution < -0.4 is 4.74 Å². The highest BCUT2D eigenvalue weighted by Crippen LogP contribution is 2.12. The molecule has 2 aromatic heterocycles. The van der Waals surface area contributed by atoms with Crippen molar-refractivity contribution >= 4 is 0 Å². The van der Waals surface area contributed by atoms with Gasteiger partial charge in [0.15, 0.2) is 0 Å². The van der Waals surface area contributed by atoms with E-state index in [0.717, 1.165) is 5.56 Å². The standard InChI is InChI=1S/C15H14FN5O2/c16-12-3-5-14(6-4-12)23-10-13(22)9-21-19-15(18-20-21)11-2-1-7-17-8-11/h1-8,13,22H,9-10H2/t13-/m1/s1. The van der Waals surface area contributed by atoms with E-state index in [0.29, 0.717) is 11.6 Å². The van der Waals surface area contributed by atoms with Gasteiger partial charge in [-0.3, -0.25) is 4.98 Å². The van der Waals surface area contributed by atoms with E-state index in [1.54, 1.807) is 18.5 Å². The quantitative estimate of drug-likeness (QED) is 0.738. The summed E-state index contributed by atoms with van der Waals surface area (Å²) in [7, 11) is 0. The van der Waals surface area contributed by atoms with Crippen molar-refractivity contribution in [1.29, 1.82) is 0 Å². The second-order valence-electron chi connectivity index (χ2n) is 4.83. The third-order valence-electron chi connectivity index (χ3n) is 3.00. The summed E-state index contributed by atoms with van der Waals surface area (Å²) in [6.45, 7) is 0.170. The number of pyridine rings is 1. The molecule has 0 fully saturated rings. The molecule has 1 N–H and O–H groups in total. The zero-order valence-electron chi connectivity index (χ0n) is 12.1. The molecule has 8 heteroatoms. The van der Waals surface area contributed by atoms with Gasteiger partial charge >= 0.3 is 0 Å². The van der Waals surface area contributed by atoms with Crippen molar-refractivity contribution in [3.8, 4) is 17.1 Å². The highest BCUT2D eigenvalue weighted by Gasteiger charge is 2.11. The molecule has 0 spiro atoms. The van der Waals surface area contributed by atoms with Crippen molar-refractivity contribution < 1.29 is 14.2 Å². The lowest BCUT2D eigenvalue weighted by Gasteiger charge is -2.11. The molecule has 0 aliphatic carbocycles. The molecule has 0 saturated carbocycles. The number of hydrogen-bond donors (Lipinski definition) is 1. The lowest BCUT2D eigenvalue weighted by atomic mass is 10.3. The zero-order valence-corrected chi connectivity index (χ0v) is 12.1. The fourth-order valence-corrected chi connectivity index (χ4v) is 1.90. The maximum absolute atomic E-state index is 12.8. The Balaban J connectivity index is 1.55. The van der Waals surface area contributed by atoms with Gasteiger partial charge in [-0.2, -0.15) is 4.80 Å². The molecule has 0 aliphatic heterocycles. The normalized spacial score (nSPS) is 12.1. The molecule has 0 amide bonds. The summed E-state index contributed by atoms with van der Waals surface area (Å²) in [5.41, 5.74) is 0.746. The van der Waals surface area contributed by atoms with E-state index in [1.807, 2.05) is 6.07 Å². The number of nitrogens with zero attached hydrogens (tertiary/aromatic N) is 5. The third-order valence-corrected chi connectivity index (χ3v) is 3.00. The van der Waals surface area contributed by atoms with E-state index in [-0.39, 0.29) is 19.0 Å². The van der Waals surface area contributed by atoms with Crippen LogP contribution in [0.25, 0.3) is 11.4 Å². The van der Waals surface area contributed by atoms with Crippen LogP contribution in [0.2, 0.25) is 0 Å². The Hall–Kier alpha value is -2.87. The number of tetrazole rings is 1. The molecule has 23 heavy (non-hydrogen) atoms. The molecule has 7 nitrogen and oxygen atoms in total. The van der Waals surface area contributed by atoms with E-state index >= 15 is 0 Å². The predicted molar refractivity (Wildman–Crippen MR) is 78.9 cm³/mol. The molecule has 1 atom stereocenters. The number of halogens is 1. The maximum atomic E-state index is 12.8. The van der Waals surface area contributed by atoms with Gasteiger partial charge in [0.2, 0.25) is 5.82 Å². The van der Waals surface area contributed by atoms with E-state index in [9.17, 15) is 9.50 Å². The lowest BCUT2D eigenvalue weighted by molar-refractivity contribution is 0.0849. The number of aromatic nitrogens is 5. The Labute approximate surface area is 131 Å². The largest absolute Gasteiger partial charge is 0.491 e. The molecule has 118 valence electrons. The van der Waals surface area contributed by atoms with Crippen molar-refractivity contribution in [2.24, 2.45) is 0 Å². The van der Waals surface area contributed by atoms with Crippen LogP contribution in [-0.2, 0) is 6.54 Å². The molecule has 0 unspecified atom stereocenters. The van der Waals surface area contributed by atoms with Crippen LogP contribution in [0.3, 0.4) is 0 Å². The molecule has 0 saturated heterocycles. The first-order valence-electron chi connectivity index (χ1n) is 6.95. The molecule has 3 rings (SSSR count). The van der Waals surface area contributed by atoms with Crippen LogP contribution >= 0.6 is 0 Å². The van der Waals surface area contributed by atoms with E-state index in [4.69, 9.17) is 4.74 Å². The van der Waals surface area contributed by atoms with Gasteiger partial charge in [0.05, 0.1) is 6.54 Å². The molecule has 0 radical (unpaired) electrons. The minimum absolute atomic E-state index is 0.0371. The minimum atomic E-state index is -0.823. The van der Waals surface area contributed by atoms with Gasteiger partial charge < -0.3 is 9.84 Å². The average molecular weight is 315 g/mol. The van der Waals surface area contributed by atoms with Crippen LogP contribution in [0.4, 0.5) is 4.39 Å². The fraction of sp³-hybridized carbons (Fsp3) is 0.200. The molecule has 2 heterocycles. The zero-order chi connectivity index (χ0) is 16.1. The Bertz CT molecular complexity index is 748. The molecule has 0 bridgehead atoms. The summed E-state index contributed by atoms with van der Waals surface area (Å²) >= 11 is 0. The van der Waals surface area contributed by atoms with Crippen LogP contribution in [-0.4, -0.2) is 43.0 Å². The first-order chi connectivity index (χ1) is 11.2. The Morgan fingerprint density at radius 2 is 2.04 bits per heavy atom. The number of aliphatic hydroxyl groups is 1. The highest BCUT2D eigenvalue weighted by atomic mass is 19.1. The SMILES string of the molecule is O[C@@H](COc1ccc(F)cc1)Cn1nnc(-c2cccnc2)n1. The van der Waals surface area contributed by atoms with E-state index < -0.39 is 6.10 Å². The van der Waals surface area contributed by atoms with Crippen molar-refractivity contribution in [2.45, 2.75) is 12.6 Å². The number of aliphatic hydroxyl groups excluding tert-OH is 1. The number of rotatable bonds is 6. The Kier molecular flexibility index (Phi) is 4.53. The summed E-state index contributed by atoms with van der Waals surface area (Å²) in [6.07, 6.45) is 2.47. The van der Waals surface area contributed by atoms with Gasteiger partial charge in [0.1, 0.15) is 24.3 Å². The fourth-order valence-electron chi connectivity index (χ4n) is 1.90. The third kappa shape index (κ3) is 4.07. The molecule has 3 aromatic rings. The van der Waals surface area contributed by atoms with Gasteiger partial charge in [-0.15, -0.1) is 10.2 Å². The van der Waals surface area contributed by atoms with Crippen LogP contribution in [0.5, 0.6) is 5.75 Å². The summed E-state index contributed by atoms with van der Waals surface area (Å²) < 4.78 is 18.1. The van der Waals surface area contributed by atoms with Crippen molar-refractivity contribution in [3.63, 3.8) is 0 Å². The monoisotopic (exact) mass is 315 g/mol. The number of ether oxygens (including phenoxy) is 1. The predicted octanol–water partition coefficient (Wildman–Crippen LogP) is 1.31. The number of hydrogen-bond acceptors (Lipinski definition) is 6. The lowest BCUT2D eigenvalue weighted by Crippen LogP contribution is -2.25. The summed E-state index contributed by atoms with van der Waals surface area (Å²) in [5.74, 6) is 0.574. The second kappa shape index (κ2) is 6.93. The van der Waals surface area contributed by atoms with Crippen molar-refractivity contribution in [1.82, 2.24) is 25.2 Å². The Morgan fingerprint density at radius 1 is 1.22 bits per heavy atom. The molecular formula is C15H14FN5O2. The summed E-state index contributed by atoms with van der Waals surface area (Å²) in [4.78, 5) is 5.28. The van der Waals surface area contributed by atoms with E-state index in [2.05, 4.69) is 20.4 Å². The van der Waals surface area contributed by atoms with Gasteiger partial charge in [0.25, 0.3) is 0 Å². The minimum Gasteiger partial charge on any atom is -0.491 e.